The van der Waals surface area contributed by atoms with E-state index in [0.29, 0.717) is 23.7 Å². The molecule has 2 unspecified atom stereocenters. The molecule has 2 aromatic rings. The summed E-state index contributed by atoms with van der Waals surface area (Å²) in [6.07, 6.45) is 8.56. The molecule has 6 rings (SSSR count). The highest BCUT2D eigenvalue weighted by atomic mass is 19.1. The van der Waals surface area contributed by atoms with Gasteiger partial charge in [-0.25, -0.2) is 18.7 Å². The second-order valence-corrected chi connectivity index (χ2v) is 10.5. The average molecular weight is 481 g/mol. The van der Waals surface area contributed by atoms with Crippen molar-refractivity contribution < 1.29 is 18.3 Å². The van der Waals surface area contributed by atoms with Crippen LogP contribution in [0.25, 0.3) is 0 Å². The SMILES string of the molecule is N#Cc1cc(OCCCCCCC23CC(C(=O)N4CC(F)CC4c4cccc(F)c4)(C2)C3)ncn1. The summed E-state index contributed by atoms with van der Waals surface area (Å²) < 4.78 is 33.6. The Labute approximate surface area is 204 Å². The zero-order chi connectivity index (χ0) is 24.5. The molecule has 6 nitrogen and oxygen atoms in total. The van der Waals surface area contributed by atoms with Gasteiger partial charge in [0.2, 0.25) is 11.8 Å². The number of nitrogens with zero attached hydrogens (tertiary/aromatic N) is 4. The van der Waals surface area contributed by atoms with Crippen LogP contribution >= 0.6 is 0 Å². The second kappa shape index (κ2) is 9.52. The summed E-state index contributed by atoms with van der Waals surface area (Å²) in [6, 6.07) is 9.35. The summed E-state index contributed by atoms with van der Waals surface area (Å²) in [5.41, 5.74) is 0.949. The van der Waals surface area contributed by atoms with Gasteiger partial charge in [-0.3, -0.25) is 4.79 Å². The third-order valence-electron chi connectivity index (χ3n) is 7.95. The lowest BCUT2D eigenvalue weighted by molar-refractivity contribution is -0.220. The topological polar surface area (TPSA) is 79.1 Å². The maximum atomic E-state index is 14.3. The van der Waals surface area contributed by atoms with Gasteiger partial charge >= 0.3 is 0 Å². The van der Waals surface area contributed by atoms with Crippen molar-refractivity contribution in [2.24, 2.45) is 10.8 Å². The number of unbranched alkanes of at least 4 members (excludes halogenated alkanes) is 3. The van der Waals surface area contributed by atoms with Crippen molar-refractivity contribution in [2.45, 2.75) is 70.0 Å². The Morgan fingerprint density at radius 1 is 1.17 bits per heavy atom. The first-order valence-electron chi connectivity index (χ1n) is 12.5. The number of amides is 1. The molecule has 1 amide bonds. The van der Waals surface area contributed by atoms with Gasteiger partial charge in [0.15, 0.2) is 0 Å². The van der Waals surface area contributed by atoms with Crippen molar-refractivity contribution in [3.8, 4) is 11.9 Å². The molecular formula is C27H30F2N4O2. The van der Waals surface area contributed by atoms with Gasteiger partial charge in [-0.15, -0.1) is 0 Å². The number of carbonyl (C=O) groups is 1. The Hall–Kier alpha value is -3.08. The number of benzene rings is 1. The summed E-state index contributed by atoms with van der Waals surface area (Å²) in [5, 5.41) is 8.86. The largest absolute Gasteiger partial charge is 0.478 e. The van der Waals surface area contributed by atoms with Gasteiger partial charge in [0, 0.05) is 12.5 Å². The van der Waals surface area contributed by atoms with Crippen LogP contribution in [0.5, 0.6) is 5.88 Å². The number of hydrogen-bond donors (Lipinski definition) is 0. The predicted molar refractivity (Wildman–Crippen MR) is 124 cm³/mol. The monoisotopic (exact) mass is 480 g/mol. The molecule has 2 heterocycles. The molecule has 2 atom stereocenters. The molecule has 3 saturated carbocycles. The minimum absolute atomic E-state index is 0.0650. The van der Waals surface area contributed by atoms with Crippen molar-refractivity contribution in [1.29, 1.82) is 5.26 Å². The number of ether oxygens (including phenoxy) is 1. The average Bonchev–Trinajstić information content (AvgIpc) is 3.20. The second-order valence-electron chi connectivity index (χ2n) is 10.5. The highest BCUT2D eigenvalue weighted by Crippen LogP contribution is 2.76. The third kappa shape index (κ3) is 4.73. The molecule has 184 valence electrons. The molecular weight excluding hydrogens is 450 g/mol. The van der Waals surface area contributed by atoms with Crippen molar-refractivity contribution in [3.63, 3.8) is 0 Å². The zero-order valence-corrected chi connectivity index (χ0v) is 19.8. The number of alkyl halides is 1. The Balaban J connectivity index is 1.03. The van der Waals surface area contributed by atoms with E-state index in [2.05, 4.69) is 9.97 Å². The molecule has 35 heavy (non-hydrogen) atoms. The summed E-state index contributed by atoms with van der Waals surface area (Å²) in [5.74, 6) is 0.141. The summed E-state index contributed by atoms with van der Waals surface area (Å²) >= 11 is 0. The van der Waals surface area contributed by atoms with E-state index in [9.17, 15) is 13.6 Å². The molecule has 1 aromatic heterocycles. The van der Waals surface area contributed by atoms with Gasteiger partial charge in [0.25, 0.3) is 0 Å². The Kier molecular flexibility index (Phi) is 6.43. The molecule has 1 saturated heterocycles. The molecule has 0 N–H and O–H groups in total. The highest BCUT2D eigenvalue weighted by Gasteiger charge is 2.71. The normalized spacial score (nSPS) is 28.7. The van der Waals surface area contributed by atoms with Crippen LogP contribution in [0.1, 0.15) is 75.1 Å². The lowest BCUT2D eigenvalue weighted by atomic mass is 9.33. The Morgan fingerprint density at radius 3 is 2.74 bits per heavy atom. The van der Waals surface area contributed by atoms with Gasteiger partial charge in [-0.2, -0.15) is 5.26 Å². The first-order valence-corrected chi connectivity index (χ1v) is 12.5. The zero-order valence-electron chi connectivity index (χ0n) is 19.8. The van der Waals surface area contributed by atoms with E-state index < -0.39 is 6.17 Å². The minimum atomic E-state index is -1.06. The van der Waals surface area contributed by atoms with Crippen LogP contribution in [0.3, 0.4) is 0 Å². The van der Waals surface area contributed by atoms with Gasteiger partial charge in [0.05, 0.1) is 24.6 Å². The van der Waals surface area contributed by atoms with Crippen LogP contribution in [0.2, 0.25) is 0 Å². The van der Waals surface area contributed by atoms with Crippen LogP contribution in [0.15, 0.2) is 36.7 Å². The predicted octanol–water partition coefficient (Wildman–Crippen LogP) is 5.30. The molecule has 1 aromatic carbocycles. The molecule has 0 radical (unpaired) electrons. The van der Waals surface area contributed by atoms with Crippen LogP contribution in [0.4, 0.5) is 8.78 Å². The van der Waals surface area contributed by atoms with E-state index in [1.54, 1.807) is 17.0 Å². The number of rotatable bonds is 10. The minimum Gasteiger partial charge on any atom is -0.478 e. The van der Waals surface area contributed by atoms with E-state index in [4.69, 9.17) is 10.00 Å². The standard InChI is InChI=1S/C27H30F2N4O2/c28-20-7-5-6-19(10-20)23-11-21(29)14-33(23)25(34)27-15-26(16-27,17-27)8-3-1-2-4-9-35-24-12-22(13-30)31-18-32-24/h5-7,10,12,18,21,23H,1-4,8-9,11,14-17H2. The molecule has 0 spiro atoms. The lowest BCUT2D eigenvalue weighted by Gasteiger charge is -2.70. The Morgan fingerprint density at radius 2 is 1.97 bits per heavy atom. The molecule has 2 bridgehead atoms. The molecule has 3 aliphatic carbocycles. The number of likely N-dealkylation sites (tertiary alicyclic amines) is 1. The summed E-state index contributed by atoms with van der Waals surface area (Å²) in [7, 11) is 0. The van der Waals surface area contributed by atoms with E-state index in [1.807, 2.05) is 6.07 Å². The Bertz CT molecular complexity index is 1110. The summed E-state index contributed by atoms with van der Waals surface area (Å²) in [6.45, 7) is 0.673. The van der Waals surface area contributed by atoms with Crippen LogP contribution in [-0.4, -0.2) is 40.1 Å². The molecule has 8 heteroatoms. The maximum Gasteiger partial charge on any atom is 0.229 e. The number of aromatic nitrogens is 2. The number of hydrogen-bond acceptors (Lipinski definition) is 5. The van der Waals surface area contributed by atoms with Gasteiger partial charge in [0.1, 0.15) is 30.1 Å². The molecule has 1 aliphatic heterocycles. The van der Waals surface area contributed by atoms with Crippen molar-refractivity contribution in [3.05, 3.63) is 53.7 Å². The third-order valence-corrected chi connectivity index (χ3v) is 7.95. The molecule has 4 aliphatic rings. The van der Waals surface area contributed by atoms with E-state index in [0.717, 1.165) is 51.4 Å². The van der Waals surface area contributed by atoms with E-state index >= 15 is 0 Å². The lowest BCUT2D eigenvalue weighted by Crippen LogP contribution is -2.68. The van der Waals surface area contributed by atoms with Crippen molar-refractivity contribution >= 4 is 5.91 Å². The first-order chi connectivity index (χ1) is 16.9. The number of nitriles is 1. The smallest absolute Gasteiger partial charge is 0.229 e. The number of carbonyl (C=O) groups excluding carboxylic acids is 1. The first kappa shape index (κ1) is 23.7. The van der Waals surface area contributed by atoms with Gasteiger partial charge < -0.3 is 9.64 Å². The van der Waals surface area contributed by atoms with E-state index in [-0.39, 0.29) is 41.6 Å². The maximum absolute atomic E-state index is 14.3. The van der Waals surface area contributed by atoms with Crippen LogP contribution in [0, 0.1) is 28.0 Å². The van der Waals surface area contributed by atoms with Crippen molar-refractivity contribution in [1.82, 2.24) is 14.9 Å². The highest BCUT2D eigenvalue weighted by molar-refractivity contribution is 5.87. The quantitative estimate of drug-likeness (QED) is 0.431. The van der Waals surface area contributed by atoms with Crippen LogP contribution in [-0.2, 0) is 4.79 Å². The molecule has 4 fully saturated rings. The van der Waals surface area contributed by atoms with Gasteiger partial charge in [-0.05, 0) is 55.2 Å². The van der Waals surface area contributed by atoms with Gasteiger partial charge in [-0.1, -0.05) is 31.4 Å². The summed E-state index contributed by atoms with van der Waals surface area (Å²) in [4.78, 5) is 22.9. The van der Waals surface area contributed by atoms with E-state index in [1.165, 1.54) is 24.5 Å². The number of halogens is 2. The fourth-order valence-electron chi connectivity index (χ4n) is 6.45. The fourth-order valence-corrected chi connectivity index (χ4v) is 6.45. The van der Waals surface area contributed by atoms with Crippen LogP contribution < -0.4 is 4.74 Å². The fraction of sp³-hybridized carbons (Fsp3) is 0.556. The van der Waals surface area contributed by atoms with Crippen molar-refractivity contribution in [2.75, 3.05) is 13.2 Å².